The normalized spacial score (nSPS) is 20.0. The number of halogens is 3. The summed E-state index contributed by atoms with van der Waals surface area (Å²) >= 11 is 6.00. The molecule has 2 N–H and O–H groups in total. The summed E-state index contributed by atoms with van der Waals surface area (Å²) in [5.74, 6) is -4.83. The minimum absolute atomic E-state index is 0.298. The van der Waals surface area contributed by atoms with Gasteiger partial charge in [-0.25, -0.2) is 8.78 Å². The molecule has 130 valence electrons. The molecular formula is C18H15ClF2N2O2. The van der Waals surface area contributed by atoms with Crippen molar-refractivity contribution < 1.29 is 18.4 Å². The van der Waals surface area contributed by atoms with Gasteiger partial charge in [0.1, 0.15) is 5.92 Å². The first-order valence-electron chi connectivity index (χ1n) is 7.75. The standard InChI is InChI=1S/C18H15ClF2N2O2/c19-11-4-1-3-10(9-11)12-7-8-22-17(24)15(12)18(25)23-14-6-2-5-13(20)16(14)21/h1-6,9,12,15H,7-8H2,(H,22,24)(H,23,25)/t12-,15-/m1/s1. The molecule has 3 rings (SSSR count). The van der Waals surface area contributed by atoms with Crippen LogP contribution in [-0.4, -0.2) is 18.4 Å². The lowest BCUT2D eigenvalue weighted by atomic mass is 9.80. The number of carbonyl (C=O) groups excluding carboxylic acids is 2. The highest BCUT2D eigenvalue weighted by molar-refractivity contribution is 6.30. The van der Waals surface area contributed by atoms with Gasteiger partial charge in [0.25, 0.3) is 0 Å². The fraction of sp³-hybridized carbons (Fsp3) is 0.222. The maximum atomic E-state index is 13.8. The van der Waals surface area contributed by atoms with E-state index in [2.05, 4.69) is 10.6 Å². The molecule has 4 nitrogen and oxygen atoms in total. The molecule has 0 radical (unpaired) electrons. The highest BCUT2D eigenvalue weighted by atomic mass is 35.5. The Morgan fingerprint density at radius 3 is 2.72 bits per heavy atom. The van der Waals surface area contributed by atoms with Gasteiger partial charge in [-0.05, 0) is 36.2 Å². The van der Waals surface area contributed by atoms with E-state index >= 15 is 0 Å². The van der Waals surface area contributed by atoms with E-state index in [-0.39, 0.29) is 5.69 Å². The molecule has 1 aliphatic heterocycles. The molecule has 1 fully saturated rings. The quantitative estimate of drug-likeness (QED) is 0.819. The van der Waals surface area contributed by atoms with E-state index < -0.39 is 35.3 Å². The maximum Gasteiger partial charge on any atom is 0.237 e. The summed E-state index contributed by atoms with van der Waals surface area (Å²) < 4.78 is 27.1. The van der Waals surface area contributed by atoms with Gasteiger partial charge in [0.2, 0.25) is 11.8 Å². The largest absolute Gasteiger partial charge is 0.355 e. The van der Waals surface area contributed by atoms with E-state index in [0.29, 0.717) is 18.0 Å². The molecule has 2 aromatic carbocycles. The first-order chi connectivity index (χ1) is 12.0. The van der Waals surface area contributed by atoms with Crippen LogP contribution in [0.15, 0.2) is 42.5 Å². The summed E-state index contributed by atoms with van der Waals surface area (Å²) in [6, 6.07) is 10.4. The molecule has 0 aromatic heterocycles. The van der Waals surface area contributed by atoms with E-state index in [9.17, 15) is 18.4 Å². The molecular weight excluding hydrogens is 350 g/mol. The zero-order valence-corrected chi connectivity index (χ0v) is 13.8. The third-order valence-corrected chi connectivity index (χ3v) is 4.44. The first kappa shape index (κ1) is 17.4. The average Bonchev–Trinajstić information content (AvgIpc) is 2.58. The highest BCUT2D eigenvalue weighted by Crippen LogP contribution is 2.33. The summed E-state index contributed by atoms with van der Waals surface area (Å²) in [6.45, 7) is 0.425. The van der Waals surface area contributed by atoms with Crippen molar-refractivity contribution >= 4 is 29.1 Å². The number of piperidine rings is 1. The lowest BCUT2D eigenvalue weighted by Crippen LogP contribution is -2.46. The fourth-order valence-corrected chi connectivity index (χ4v) is 3.22. The molecule has 2 amide bonds. The molecule has 7 heteroatoms. The number of carbonyl (C=O) groups is 2. The Balaban J connectivity index is 1.89. The molecule has 0 spiro atoms. The molecule has 0 saturated carbocycles. The van der Waals surface area contributed by atoms with Crippen molar-refractivity contribution in [2.45, 2.75) is 12.3 Å². The van der Waals surface area contributed by atoms with Crippen LogP contribution in [-0.2, 0) is 9.59 Å². The SMILES string of the molecule is O=C1NCC[C@H](c2cccc(Cl)c2)[C@H]1C(=O)Nc1cccc(F)c1F. The molecule has 2 atom stereocenters. The van der Waals surface area contributed by atoms with Crippen molar-refractivity contribution in [2.24, 2.45) is 5.92 Å². The number of nitrogens with one attached hydrogen (secondary N) is 2. The number of anilines is 1. The fourth-order valence-electron chi connectivity index (χ4n) is 3.02. The molecule has 2 aromatic rings. The molecule has 1 saturated heterocycles. The Bertz CT molecular complexity index is 828. The van der Waals surface area contributed by atoms with Gasteiger partial charge in [0.05, 0.1) is 5.69 Å². The van der Waals surface area contributed by atoms with Gasteiger partial charge in [-0.15, -0.1) is 0 Å². The van der Waals surface area contributed by atoms with E-state index in [1.807, 2.05) is 0 Å². The molecule has 0 unspecified atom stereocenters. The summed E-state index contributed by atoms with van der Waals surface area (Å²) in [5.41, 5.74) is 0.454. The van der Waals surface area contributed by atoms with Crippen LogP contribution in [0.2, 0.25) is 5.02 Å². The van der Waals surface area contributed by atoms with Gasteiger partial charge in [-0.3, -0.25) is 9.59 Å². The zero-order chi connectivity index (χ0) is 18.0. The van der Waals surface area contributed by atoms with E-state index in [1.54, 1.807) is 24.3 Å². The Morgan fingerprint density at radius 2 is 1.96 bits per heavy atom. The second-order valence-electron chi connectivity index (χ2n) is 5.81. The lowest BCUT2D eigenvalue weighted by molar-refractivity contribution is -0.135. The summed E-state index contributed by atoms with van der Waals surface area (Å²) in [6.07, 6.45) is 0.538. The van der Waals surface area contributed by atoms with Gasteiger partial charge >= 0.3 is 0 Å². The van der Waals surface area contributed by atoms with Gasteiger partial charge in [-0.2, -0.15) is 0 Å². The minimum atomic E-state index is -1.16. The van der Waals surface area contributed by atoms with Crippen molar-refractivity contribution in [1.82, 2.24) is 5.32 Å². The van der Waals surface area contributed by atoms with Crippen LogP contribution in [0, 0.1) is 17.6 Å². The maximum absolute atomic E-state index is 13.8. The summed E-state index contributed by atoms with van der Waals surface area (Å²) in [7, 11) is 0. The van der Waals surface area contributed by atoms with Crippen molar-refractivity contribution in [2.75, 3.05) is 11.9 Å². The van der Waals surface area contributed by atoms with Gasteiger partial charge in [0.15, 0.2) is 11.6 Å². The topological polar surface area (TPSA) is 58.2 Å². The van der Waals surface area contributed by atoms with E-state index in [0.717, 1.165) is 11.6 Å². The second-order valence-corrected chi connectivity index (χ2v) is 6.25. The van der Waals surface area contributed by atoms with Crippen LogP contribution in [0.3, 0.4) is 0 Å². The summed E-state index contributed by atoms with van der Waals surface area (Å²) in [5, 5.41) is 5.46. The highest BCUT2D eigenvalue weighted by Gasteiger charge is 2.38. The van der Waals surface area contributed by atoms with Gasteiger partial charge in [-0.1, -0.05) is 29.8 Å². The van der Waals surface area contributed by atoms with Crippen LogP contribution in [0.4, 0.5) is 14.5 Å². The monoisotopic (exact) mass is 364 g/mol. The van der Waals surface area contributed by atoms with Crippen LogP contribution in [0.5, 0.6) is 0 Å². The van der Waals surface area contributed by atoms with E-state index in [1.165, 1.54) is 12.1 Å². The Kier molecular flexibility index (Phi) is 4.99. The summed E-state index contributed by atoms with van der Waals surface area (Å²) in [4.78, 5) is 24.9. The predicted octanol–water partition coefficient (Wildman–Crippen LogP) is 3.48. The van der Waals surface area contributed by atoms with Crippen LogP contribution in [0.25, 0.3) is 0 Å². The molecule has 0 aliphatic carbocycles. The lowest BCUT2D eigenvalue weighted by Gasteiger charge is -2.30. The number of amides is 2. The Labute approximate surface area is 148 Å². The molecule has 0 bridgehead atoms. The third-order valence-electron chi connectivity index (χ3n) is 4.21. The number of rotatable bonds is 3. The molecule has 25 heavy (non-hydrogen) atoms. The second kappa shape index (κ2) is 7.19. The van der Waals surface area contributed by atoms with Crippen LogP contribution in [0.1, 0.15) is 17.9 Å². The number of hydrogen-bond acceptors (Lipinski definition) is 2. The first-order valence-corrected chi connectivity index (χ1v) is 8.13. The van der Waals surface area contributed by atoms with Gasteiger partial charge in [0, 0.05) is 17.5 Å². The van der Waals surface area contributed by atoms with Crippen LogP contribution >= 0.6 is 11.6 Å². The Hall–Kier alpha value is -2.47. The molecule has 1 aliphatic rings. The van der Waals surface area contributed by atoms with Crippen molar-refractivity contribution in [3.8, 4) is 0 Å². The number of benzene rings is 2. The smallest absolute Gasteiger partial charge is 0.237 e. The number of hydrogen-bond donors (Lipinski definition) is 2. The zero-order valence-electron chi connectivity index (χ0n) is 13.1. The minimum Gasteiger partial charge on any atom is -0.355 e. The van der Waals surface area contributed by atoms with E-state index in [4.69, 9.17) is 11.6 Å². The van der Waals surface area contributed by atoms with Crippen LogP contribution < -0.4 is 10.6 Å². The van der Waals surface area contributed by atoms with Crippen molar-refractivity contribution in [3.05, 3.63) is 64.7 Å². The average molecular weight is 365 g/mol. The Morgan fingerprint density at radius 1 is 1.20 bits per heavy atom. The third kappa shape index (κ3) is 3.64. The molecule has 1 heterocycles. The van der Waals surface area contributed by atoms with Gasteiger partial charge < -0.3 is 10.6 Å². The van der Waals surface area contributed by atoms with Crippen molar-refractivity contribution in [1.29, 1.82) is 0 Å². The van der Waals surface area contributed by atoms with Crippen molar-refractivity contribution in [3.63, 3.8) is 0 Å². The predicted molar refractivity (Wildman–Crippen MR) is 90.3 cm³/mol.